The van der Waals surface area contributed by atoms with Gasteiger partial charge in [0.2, 0.25) is 15.9 Å². The quantitative estimate of drug-likeness (QED) is 0.755. The molecule has 0 aromatic heterocycles. The summed E-state index contributed by atoms with van der Waals surface area (Å²) in [5.74, 6) is -0.660. The van der Waals surface area contributed by atoms with Crippen LogP contribution in [0.2, 0.25) is 5.02 Å². The number of hydrogen-bond acceptors (Lipinski definition) is 4. The molecule has 2 fully saturated rings. The van der Waals surface area contributed by atoms with Crippen molar-refractivity contribution in [1.82, 2.24) is 14.1 Å². The third kappa shape index (κ3) is 4.62. The lowest BCUT2D eigenvalue weighted by atomic mass is 9.96. The Morgan fingerprint density at radius 3 is 2.48 bits per heavy atom. The van der Waals surface area contributed by atoms with Gasteiger partial charge in [-0.3, -0.25) is 4.79 Å². The van der Waals surface area contributed by atoms with Crippen LogP contribution in [-0.4, -0.2) is 74.7 Å². The molecule has 0 bridgehead atoms. The molecule has 1 amide bonds. The van der Waals surface area contributed by atoms with E-state index in [4.69, 9.17) is 11.6 Å². The number of hydrogen-bond donors (Lipinski definition) is 0. The summed E-state index contributed by atoms with van der Waals surface area (Å²) < 4.78 is 40.2. The van der Waals surface area contributed by atoms with E-state index < -0.39 is 15.8 Å². The summed E-state index contributed by atoms with van der Waals surface area (Å²) in [5.41, 5.74) is 0. The number of benzene rings is 1. The van der Waals surface area contributed by atoms with Crippen LogP contribution in [0.5, 0.6) is 0 Å². The summed E-state index contributed by atoms with van der Waals surface area (Å²) >= 11 is 5.72. The van der Waals surface area contributed by atoms with Crippen molar-refractivity contribution in [3.8, 4) is 0 Å². The summed E-state index contributed by atoms with van der Waals surface area (Å²) in [7, 11) is -1.68. The summed E-state index contributed by atoms with van der Waals surface area (Å²) in [4.78, 5) is 16.9. The maximum Gasteiger partial charge on any atom is 0.243 e. The van der Waals surface area contributed by atoms with Gasteiger partial charge >= 0.3 is 0 Å². The van der Waals surface area contributed by atoms with Gasteiger partial charge in [-0.05, 0) is 51.1 Å². The van der Waals surface area contributed by atoms with Crippen LogP contribution in [0, 0.1) is 11.7 Å². The number of sulfonamides is 1. The standard InChI is InChI=1S/C18H25ClFN3O3S/c1-21-7-2-8-22(12-11-21)18(24)14-5-9-23(10-6-14)27(25,26)15-3-4-17(20)16(19)13-15/h3-4,13-14H,2,5-12H2,1H3. The van der Waals surface area contributed by atoms with Gasteiger partial charge in [-0.1, -0.05) is 11.6 Å². The highest BCUT2D eigenvalue weighted by Crippen LogP contribution is 2.27. The van der Waals surface area contributed by atoms with E-state index in [0.717, 1.165) is 44.7 Å². The van der Waals surface area contributed by atoms with Crippen LogP contribution in [0.3, 0.4) is 0 Å². The van der Waals surface area contributed by atoms with Crippen molar-refractivity contribution in [1.29, 1.82) is 0 Å². The molecule has 0 atom stereocenters. The molecule has 1 aromatic carbocycles. The number of likely N-dealkylation sites (N-methyl/N-ethyl adjacent to an activating group) is 1. The fourth-order valence-corrected chi connectivity index (χ4v) is 5.40. The number of amides is 1. The molecular formula is C18H25ClFN3O3S. The Balaban J connectivity index is 1.62. The highest BCUT2D eigenvalue weighted by Gasteiger charge is 2.34. The number of carbonyl (C=O) groups excluding carboxylic acids is 1. The Morgan fingerprint density at radius 2 is 1.81 bits per heavy atom. The van der Waals surface area contributed by atoms with Crippen molar-refractivity contribution in [3.63, 3.8) is 0 Å². The van der Waals surface area contributed by atoms with Crippen LogP contribution in [0.25, 0.3) is 0 Å². The average Bonchev–Trinajstić information content (AvgIpc) is 2.88. The van der Waals surface area contributed by atoms with Gasteiger partial charge in [-0.2, -0.15) is 4.31 Å². The van der Waals surface area contributed by atoms with Crippen molar-refractivity contribution in [2.24, 2.45) is 5.92 Å². The van der Waals surface area contributed by atoms with Gasteiger partial charge in [0.05, 0.1) is 9.92 Å². The summed E-state index contributed by atoms with van der Waals surface area (Å²) in [5, 5.41) is -0.215. The fraction of sp³-hybridized carbons (Fsp3) is 0.611. The maximum absolute atomic E-state index is 13.3. The van der Waals surface area contributed by atoms with Gasteiger partial charge in [0, 0.05) is 38.6 Å². The van der Waals surface area contributed by atoms with Crippen LogP contribution in [0.1, 0.15) is 19.3 Å². The van der Waals surface area contributed by atoms with E-state index in [9.17, 15) is 17.6 Å². The van der Waals surface area contributed by atoms with E-state index >= 15 is 0 Å². The van der Waals surface area contributed by atoms with E-state index in [1.54, 1.807) is 0 Å². The minimum atomic E-state index is -3.74. The monoisotopic (exact) mass is 417 g/mol. The van der Waals surface area contributed by atoms with Crippen LogP contribution in [0.15, 0.2) is 23.1 Å². The molecule has 2 heterocycles. The second kappa shape index (κ2) is 8.43. The third-order valence-corrected chi connectivity index (χ3v) is 7.55. The molecule has 0 radical (unpaired) electrons. The molecule has 0 aliphatic carbocycles. The lowest BCUT2D eigenvalue weighted by Gasteiger charge is -2.33. The predicted octanol–water partition coefficient (Wildman–Crippen LogP) is 2.04. The van der Waals surface area contributed by atoms with Crippen LogP contribution >= 0.6 is 11.6 Å². The maximum atomic E-state index is 13.3. The Morgan fingerprint density at radius 1 is 1.11 bits per heavy atom. The van der Waals surface area contributed by atoms with Gasteiger partial charge in [0.15, 0.2) is 0 Å². The zero-order chi connectivity index (χ0) is 19.6. The highest BCUT2D eigenvalue weighted by molar-refractivity contribution is 7.89. The van der Waals surface area contributed by atoms with Gasteiger partial charge in [-0.25, -0.2) is 12.8 Å². The molecule has 0 N–H and O–H groups in total. The summed E-state index contributed by atoms with van der Waals surface area (Å²) in [6, 6.07) is 3.42. The summed E-state index contributed by atoms with van der Waals surface area (Å²) in [6.45, 7) is 3.89. The van der Waals surface area contributed by atoms with Crippen LogP contribution < -0.4 is 0 Å². The first-order valence-corrected chi connectivity index (χ1v) is 11.0. The fourth-order valence-electron chi connectivity index (χ4n) is 3.65. The molecule has 2 aliphatic rings. The minimum absolute atomic E-state index is 0.0192. The number of nitrogens with zero attached hydrogens (tertiary/aromatic N) is 3. The number of piperidine rings is 1. The molecule has 6 nitrogen and oxygen atoms in total. The van der Waals surface area contributed by atoms with Crippen LogP contribution in [-0.2, 0) is 14.8 Å². The minimum Gasteiger partial charge on any atom is -0.341 e. The van der Waals surface area contributed by atoms with E-state index in [-0.39, 0.29) is 34.8 Å². The molecule has 0 unspecified atom stereocenters. The Labute approximate surface area is 164 Å². The highest BCUT2D eigenvalue weighted by atomic mass is 35.5. The number of rotatable bonds is 3. The first-order valence-electron chi connectivity index (χ1n) is 9.21. The molecule has 9 heteroatoms. The molecule has 1 aromatic rings. The third-order valence-electron chi connectivity index (χ3n) is 5.36. The molecule has 27 heavy (non-hydrogen) atoms. The van der Waals surface area contributed by atoms with Crippen molar-refractivity contribution in [2.75, 3.05) is 46.3 Å². The van der Waals surface area contributed by atoms with Crippen LogP contribution in [0.4, 0.5) is 4.39 Å². The second-order valence-electron chi connectivity index (χ2n) is 7.24. The van der Waals surface area contributed by atoms with Gasteiger partial charge < -0.3 is 9.80 Å². The first kappa shape index (κ1) is 20.5. The van der Waals surface area contributed by atoms with Gasteiger partial charge in [0.1, 0.15) is 5.82 Å². The van der Waals surface area contributed by atoms with E-state index in [1.165, 1.54) is 10.4 Å². The molecule has 0 spiro atoms. The Bertz CT molecular complexity index is 797. The zero-order valence-corrected chi connectivity index (χ0v) is 17.0. The summed E-state index contributed by atoms with van der Waals surface area (Å²) in [6.07, 6.45) is 1.96. The number of halogens is 2. The topological polar surface area (TPSA) is 60.9 Å². The largest absolute Gasteiger partial charge is 0.341 e. The Hall–Kier alpha value is -1.22. The van der Waals surface area contributed by atoms with Gasteiger partial charge in [0.25, 0.3) is 0 Å². The van der Waals surface area contributed by atoms with Crippen molar-refractivity contribution >= 4 is 27.5 Å². The zero-order valence-electron chi connectivity index (χ0n) is 15.4. The normalized spacial score (nSPS) is 21.2. The van der Waals surface area contributed by atoms with Gasteiger partial charge in [-0.15, -0.1) is 0 Å². The first-order chi connectivity index (χ1) is 12.8. The average molecular weight is 418 g/mol. The molecule has 2 aliphatic heterocycles. The number of carbonyl (C=O) groups is 1. The SMILES string of the molecule is CN1CCCN(C(=O)C2CCN(S(=O)(=O)c3ccc(F)c(Cl)c3)CC2)CC1. The lowest BCUT2D eigenvalue weighted by Crippen LogP contribution is -2.45. The van der Waals surface area contributed by atoms with E-state index in [1.807, 2.05) is 4.90 Å². The molecule has 0 saturated carbocycles. The predicted molar refractivity (Wildman–Crippen MR) is 102 cm³/mol. The second-order valence-corrected chi connectivity index (χ2v) is 9.58. The molecular weight excluding hydrogens is 393 g/mol. The smallest absolute Gasteiger partial charge is 0.243 e. The van der Waals surface area contributed by atoms with E-state index in [2.05, 4.69) is 11.9 Å². The van der Waals surface area contributed by atoms with E-state index in [0.29, 0.717) is 12.8 Å². The lowest BCUT2D eigenvalue weighted by molar-refractivity contribution is -0.136. The molecule has 150 valence electrons. The molecule has 2 saturated heterocycles. The van der Waals surface area contributed by atoms with Crippen molar-refractivity contribution < 1.29 is 17.6 Å². The van der Waals surface area contributed by atoms with Crippen molar-refractivity contribution in [2.45, 2.75) is 24.2 Å². The molecule has 3 rings (SSSR count). The van der Waals surface area contributed by atoms with Crippen molar-refractivity contribution in [3.05, 3.63) is 29.0 Å². The Kier molecular flexibility index (Phi) is 6.40.